The summed E-state index contributed by atoms with van der Waals surface area (Å²) in [6, 6.07) is 12.2. The van der Waals surface area contributed by atoms with Crippen LogP contribution in [0.5, 0.6) is 0 Å². The Labute approximate surface area is 110 Å². The first-order valence-electron chi connectivity index (χ1n) is 5.94. The van der Waals surface area contributed by atoms with Gasteiger partial charge in [-0.2, -0.15) is 0 Å². The van der Waals surface area contributed by atoms with E-state index in [1.165, 1.54) is 24.3 Å². The molecule has 2 rings (SSSR count). The zero-order chi connectivity index (χ0) is 13.8. The first kappa shape index (κ1) is 13.3. The molecule has 0 heterocycles. The summed E-state index contributed by atoms with van der Waals surface area (Å²) < 4.78 is 26.6. The minimum Gasteiger partial charge on any atom is -0.513 e. The van der Waals surface area contributed by atoms with Crippen molar-refractivity contribution >= 4 is 0 Å². The number of halogens is 2. The van der Waals surface area contributed by atoms with Gasteiger partial charge in [0, 0.05) is 12.3 Å². The van der Waals surface area contributed by atoms with E-state index in [0.717, 1.165) is 0 Å². The van der Waals surface area contributed by atoms with Crippen molar-refractivity contribution < 1.29 is 13.9 Å². The molecule has 0 aliphatic rings. The standard InChI is InChI=1S/C16H14F2O/c1-11(19)8-16(12-4-2-6-14(17)9-12)13-5-3-7-15(18)10-13/h2-7,9-10,16,19H,1,8H2. The fourth-order valence-electron chi connectivity index (χ4n) is 2.11. The molecule has 0 aliphatic carbocycles. The van der Waals surface area contributed by atoms with E-state index in [2.05, 4.69) is 6.58 Å². The maximum Gasteiger partial charge on any atom is 0.123 e. The second-order valence-electron chi connectivity index (χ2n) is 4.43. The van der Waals surface area contributed by atoms with Gasteiger partial charge < -0.3 is 5.11 Å². The second-order valence-corrected chi connectivity index (χ2v) is 4.43. The van der Waals surface area contributed by atoms with E-state index in [0.29, 0.717) is 11.1 Å². The van der Waals surface area contributed by atoms with E-state index < -0.39 is 0 Å². The average Bonchev–Trinajstić information content (AvgIpc) is 2.35. The number of aliphatic hydroxyl groups is 1. The topological polar surface area (TPSA) is 20.2 Å². The predicted molar refractivity (Wildman–Crippen MR) is 71.0 cm³/mol. The Kier molecular flexibility index (Phi) is 3.95. The highest BCUT2D eigenvalue weighted by Crippen LogP contribution is 2.30. The smallest absolute Gasteiger partial charge is 0.123 e. The summed E-state index contributed by atoms with van der Waals surface area (Å²) in [5.41, 5.74) is 1.36. The lowest BCUT2D eigenvalue weighted by Crippen LogP contribution is -2.03. The van der Waals surface area contributed by atoms with Gasteiger partial charge in [0.05, 0.1) is 5.76 Å². The molecule has 2 aromatic carbocycles. The fourth-order valence-corrected chi connectivity index (χ4v) is 2.11. The van der Waals surface area contributed by atoms with Gasteiger partial charge in [-0.1, -0.05) is 30.8 Å². The largest absolute Gasteiger partial charge is 0.513 e. The molecule has 0 saturated carbocycles. The van der Waals surface area contributed by atoms with Crippen LogP contribution in [0.1, 0.15) is 23.5 Å². The van der Waals surface area contributed by atoms with Gasteiger partial charge in [0.25, 0.3) is 0 Å². The summed E-state index contributed by atoms with van der Waals surface area (Å²) in [5.74, 6) is -1.05. The number of hydrogen-bond donors (Lipinski definition) is 1. The summed E-state index contributed by atoms with van der Waals surface area (Å²) in [5, 5.41) is 9.40. The van der Waals surface area contributed by atoms with Gasteiger partial charge in [0.1, 0.15) is 11.6 Å². The molecule has 0 saturated heterocycles. The quantitative estimate of drug-likeness (QED) is 0.799. The van der Waals surface area contributed by atoms with E-state index in [1.54, 1.807) is 24.3 Å². The lowest BCUT2D eigenvalue weighted by Gasteiger charge is -2.17. The molecule has 0 unspecified atom stereocenters. The number of allylic oxidation sites excluding steroid dienone is 1. The first-order valence-corrected chi connectivity index (χ1v) is 5.94. The van der Waals surface area contributed by atoms with Crippen LogP contribution >= 0.6 is 0 Å². The molecule has 0 fully saturated rings. The van der Waals surface area contributed by atoms with Crippen LogP contribution in [0.15, 0.2) is 60.9 Å². The Morgan fingerprint density at radius 3 is 1.84 bits per heavy atom. The Balaban J connectivity index is 2.44. The second kappa shape index (κ2) is 5.65. The van der Waals surface area contributed by atoms with Crippen LogP contribution < -0.4 is 0 Å². The van der Waals surface area contributed by atoms with Gasteiger partial charge >= 0.3 is 0 Å². The van der Waals surface area contributed by atoms with E-state index in [9.17, 15) is 13.9 Å². The van der Waals surface area contributed by atoms with E-state index >= 15 is 0 Å². The zero-order valence-electron chi connectivity index (χ0n) is 10.3. The van der Waals surface area contributed by atoms with Crippen molar-refractivity contribution in [1.82, 2.24) is 0 Å². The number of hydrogen-bond acceptors (Lipinski definition) is 1. The highest BCUT2D eigenvalue weighted by molar-refractivity contribution is 5.34. The fraction of sp³-hybridized carbons (Fsp3) is 0.125. The van der Waals surface area contributed by atoms with E-state index in [-0.39, 0.29) is 29.7 Å². The number of rotatable bonds is 4. The minimum absolute atomic E-state index is 0.0153. The van der Waals surface area contributed by atoms with Crippen molar-refractivity contribution in [2.45, 2.75) is 12.3 Å². The van der Waals surface area contributed by atoms with Crippen molar-refractivity contribution in [3.63, 3.8) is 0 Å². The van der Waals surface area contributed by atoms with Crippen molar-refractivity contribution in [2.75, 3.05) is 0 Å². The summed E-state index contributed by atoms with van der Waals surface area (Å²) in [6.45, 7) is 3.46. The average molecular weight is 260 g/mol. The summed E-state index contributed by atoms with van der Waals surface area (Å²) in [7, 11) is 0. The maximum atomic E-state index is 13.3. The van der Waals surface area contributed by atoms with Crippen molar-refractivity contribution in [1.29, 1.82) is 0 Å². The molecule has 0 radical (unpaired) electrons. The molecule has 0 bridgehead atoms. The van der Waals surface area contributed by atoms with E-state index in [1.807, 2.05) is 0 Å². The van der Waals surface area contributed by atoms with Gasteiger partial charge in [-0.05, 0) is 35.4 Å². The van der Waals surface area contributed by atoms with Gasteiger partial charge in [-0.25, -0.2) is 8.78 Å². The lowest BCUT2D eigenvalue weighted by atomic mass is 9.88. The molecule has 19 heavy (non-hydrogen) atoms. The molecular weight excluding hydrogens is 246 g/mol. The van der Waals surface area contributed by atoms with Gasteiger partial charge in [0.15, 0.2) is 0 Å². The Morgan fingerprint density at radius 2 is 1.47 bits per heavy atom. The molecule has 0 aliphatic heterocycles. The molecule has 0 spiro atoms. The molecule has 0 aromatic heterocycles. The van der Waals surface area contributed by atoms with Gasteiger partial charge in [0.2, 0.25) is 0 Å². The minimum atomic E-state index is -0.359. The Bertz CT molecular complexity index is 547. The molecule has 1 nitrogen and oxygen atoms in total. The van der Waals surface area contributed by atoms with Crippen LogP contribution in [0.3, 0.4) is 0 Å². The maximum absolute atomic E-state index is 13.3. The van der Waals surface area contributed by atoms with Crippen LogP contribution in [-0.2, 0) is 0 Å². The Hall–Kier alpha value is -2.16. The van der Waals surface area contributed by atoms with Crippen LogP contribution in [0.25, 0.3) is 0 Å². The van der Waals surface area contributed by atoms with Gasteiger partial charge in [-0.3, -0.25) is 0 Å². The predicted octanol–water partition coefficient (Wildman–Crippen LogP) is 4.56. The zero-order valence-corrected chi connectivity index (χ0v) is 10.3. The van der Waals surface area contributed by atoms with Gasteiger partial charge in [-0.15, -0.1) is 0 Å². The SMILES string of the molecule is C=C(O)CC(c1cccc(F)c1)c1cccc(F)c1. The van der Waals surface area contributed by atoms with Crippen LogP contribution in [-0.4, -0.2) is 5.11 Å². The lowest BCUT2D eigenvalue weighted by molar-refractivity contribution is 0.383. The highest BCUT2D eigenvalue weighted by atomic mass is 19.1. The molecule has 0 amide bonds. The summed E-state index contributed by atoms with van der Waals surface area (Å²) in [4.78, 5) is 0. The molecule has 3 heteroatoms. The molecular formula is C16H14F2O. The van der Waals surface area contributed by atoms with E-state index in [4.69, 9.17) is 0 Å². The number of benzene rings is 2. The molecule has 0 atom stereocenters. The third-order valence-corrected chi connectivity index (χ3v) is 2.94. The van der Waals surface area contributed by atoms with Crippen LogP contribution in [0, 0.1) is 11.6 Å². The molecule has 98 valence electrons. The third kappa shape index (κ3) is 3.41. The highest BCUT2D eigenvalue weighted by Gasteiger charge is 2.16. The Morgan fingerprint density at radius 1 is 1.00 bits per heavy atom. The van der Waals surface area contributed by atoms with Crippen molar-refractivity contribution in [3.8, 4) is 0 Å². The summed E-state index contributed by atoms with van der Waals surface area (Å²) >= 11 is 0. The summed E-state index contributed by atoms with van der Waals surface area (Å²) in [6.07, 6.45) is 0.229. The van der Waals surface area contributed by atoms with Crippen LogP contribution in [0.4, 0.5) is 8.78 Å². The van der Waals surface area contributed by atoms with Crippen LogP contribution in [0.2, 0.25) is 0 Å². The molecule has 2 aromatic rings. The van der Waals surface area contributed by atoms with Crippen molar-refractivity contribution in [3.05, 3.63) is 83.6 Å². The number of aliphatic hydroxyl groups excluding tert-OH is 1. The third-order valence-electron chi connectivity index (χ3n) is 2.94. The normalized spacial score (nSPS) is 10.7. The first-order chi connectivity index (χ1) is 9.06. The molecule has 1 N–H and O–H groups in total. The monoisotopic (exact) mass is 260 g/mol. The van der Waals surface area contributed by atoms with Crippen molar-refractivity contribution in [2.24, 2.45) is 0 Å².